The maximum atomic E-state index is 13.2. The van der Waals surface area contributed by atoms with E-state index in [1.807, 2.05) is 6.07 Å². The fourth-order valence-electron chi connectivity index (χ4n) is 7.14. The molecule has 9 heteroatoms. The lowest BCUT2D eigenvalue weighted by Gasteiger charge is -2.46. The molecular formula is C37H49ClN2O6. The number of carbonyl (C=O) groups is 2. The zero-order chi connectivity index (χ0) is 33.6. The number of aliphatic hydroxyl groups excluding tert-OH is 1. The van der Waals surface area contributed by atoms with Gasteiger partial charge >= 0.3 is 5.97 Å². The van der Waals surface area contributed by atoms with Crippen molar-refractivity contribution in [3.05, 3.63) is 83.4 Å². The molecule has 5 atom stereocenters. The van der Waals surface area contributed by atoms with Gasteiger partial charge in [0.25, 0.3) is 0 Å². The van der Waals surface area contributed by atoms with Crippen LogP contribution in [0.3, 0.4) is 0 Å². The van der Waals surface area contributed by atoms with Crippen molar-refractivity contribution >= 4 is 29.2 Å². The maximum Gasteiger partial charge on any atom is 0.343 e. The van der Waals surface area contributed by atoms with Gasteiger partial charge in [0.1, 0.15) is 5.75 Å². The second-order valence-corrected chi connectivity index (χ2v) is 13.6. The SMILES string of the molecule is C=CCCN(C)C(=O)CC(O)(C(=O)OC)c1ccc(OC)c(N(C[C@@H]2CC[C@H]2[C@@H](O)C=C)C[C@]2(C)CCCc3cc(Cl)ccc32)c1. The topological polar surface area (TPSA) is 99.5 Å². The number of ether oxygens (including phenoxy) is 2. The van der Waals surface area contributed by atoms with Gasteiger partial charge < -0.3 is 29.5 Å². The van der Waals surface area contributed by atoms with Crippen molar-refractivity contribution in [2.45, 2.75) is 69.0 Å². The van der Waals surface area contributed by atoms with Gasteiger partial charge in [-0.3, -0.25) is 4.79 Å². The van der Waals surface area contributed by atoms with E-state index < -0.39 is 30.0 Å². The standard InChI is InChI=1S/C37H49ClN2O6/c1-7-9-19-39(4)34(42)22-37(44,35(43)46-6)27-13-17-33(45-5)31(21-27)40(23-26-12-15-29(26)32(41)8-2)24-36(3)18-10-11-25-20-28(38)14-16-30(25)36/h7-8,13-14,16-17,20-21,26,29,32,41,44H,1-2,9-12,15,18-19,22-24H2,3-6H3/t26-,29+,32-,36-,37?/m0/s1. The van der Waals surface area contributed by atoms with Crippen molar-refractivity contribution in [2.75, 3.05) is 45.8 Å². The minimum Gasteiger partial charge on any atom is -0.495 e. The Bertz CT molecular complexity index is 1430. The molecule has 46 heavy (non-hydrogen) atoms. The van der Waals surface area contributed by atoms with E-state index >= 15 is 0 Å². The van der Waals surface area contributed by atoms with E-state index in [1.54, 1.807) is 44.5 Å². The molecule has 1 amide bonds. The first-order valence-corrected chi connectivity index (χ1v) is 16.5. The summed E-state index contributed by atoms with van der Waals surface area (Å²) in [7, 11) is 4.42. The summed E-state index contributed by atoms with van der Waals surface area (Å²) in [5.41, 5.74) is 0.955. The number of esters is 1. The normalized spacial score (nSPS) is 22.3. The lowest BCUT2D eigenvalue weighted by atomic mass is 9.69. The zero-order valence-electron chi connectivity index (χ0n) is 27.6. The van der Waals surface area contributed by atoms with Gasteiger partial charge in [0.15, 0.2) is 5.60 Å². The Labute approximate surface area is 278 Å². The van der Waals surface area contributed by atoms with Crippen LogP contribution < -0.4 is 9.64 Å². The predicted octanol–water partition coefficient (Wildman–Crippen LogP) is 5.81. The van der Waals surface area contributed by atoms with Crippen molar-refractivity contribution in [3.8, 4) is 5.75 Å². The Morgan fingerprint density at radius 3 is 2.59 bits per heavy atom. The first-order valence-electron chi connectivity index (χ1n) is 16.1. The summed E-state index contributed by atoms with van der Waals surface area (Å²) in [5.74, 6) is -0.474. The van der Waals surface area contributed by atoms with Gasteiger partial charge in [-0.05, 0) is 91.3 Å². The molecule has 0 spiro atoms. The highest BCUT2D eigenvalue weighted by Crippen LogP contribution is 2.45. The lowest BCUT2D eigenvalue weighted by molar-refractivity contribution is -0.168. The number of anilines is 1. The van der Waals surface area contributed by atoms with E-state index in [2.05, 4.69) is 37.1 Å². The number of hydrogen-bond acceptors (Lipinski definition) is 7. The van der Waals surface area contributed by atoms with Crippen molar-refractivity contribution in [1.82, 2.24) is 4.90 Å². The number of aliphatic hydroxyl groups is 2. The fraction of sp³-hybridized carbons (Fsp3) is 0.514. The first-order chi connectivity index (χ1) is 21.9. The van der Waals surface area contributed by atoms with Crippen LogP contribution in [-0.4, -0.2) is 74.0 Å². The molecule has 0 aromatic heterocycles. The van der Waals surface area contributed by atoms with Crippen LogP contribution in [0.25, 0.3) is 0 Å². The first kappa shape index (κ1) is 35.5. The number of nitrogens with zero attached hydrogens (tertiary/aromatic N) is 2. The molecule has 4 rings (SSSR count). The average molecular weight is 653 g/mol. The number of fused-ring (bicyclic) bond motifs is 1. The number of hydrogen-bond donors (Lipinski definition) is 2. The van der Waals surface area contributed by atoms with E-state index in [-0.39, 0.29) is 22.8 Å². The van der Waals surface area contributed by atoms with Crippen molar-refractivity contribution in [2.24, 2.45) is 11.8 Å². The molecule has 2 N–H and O–H groups in total. The number of methoxy groups -OCH3 is 2. The van der Waals surface area contributed by atoms with Gasteiger partial charge in [-0.2, -0.15) is 0 Å². The molecule has 0 heterocycles. The van der Waals surface area contributed by atoms with Crippen molar-refractivity contribution < 1.29 is 29.3 Å². The van der Waals surface area contributed by atoms with Gasteiger partial charge in [-0.15, -0.1) is 13.2 Å². The number of carbonyl (C=O) groups excluding carboxylic acids is 2. The Morgan fingerprint density at radius 1 is 1.20 bits per heavy atom. The molecule has 1 fully saturated rings. The van der Waals surface area contributed by atoms with Gasteiger partial charge in [0.2, 0.25) is 5.91 Å². The highest BCUT2D eigenvalue weighted by atomic mass is 35.5. The second-order valence-electron chi connectivity index (χ2n) is 13.1. The highest BCUT2D eigenvalue weighted by molar-refractivity contribution is 6.30. The number of halogens is 1. The Hall–Kier alpha value is -3.33. The van der Waals surface area contributed by atoms with Gasteiger partial charge in [-0.25, -0.2) is 4.79 Å². The van der Waals surface area contributed by atoms with E-state index in [9.17, 15) is 19.8 Å². The van der Waals surface area contributed by atoms with Crippen LogP contribution >= 0.6 is 11.6 Å². The molecule has 2 aromatic carbocycles. The summed E-state index contributed by atoms with van der Waals surface area (Å²) in [4.78, 5) is 30.2. The third kappa shape index (κ3) is 7.45. The third-order valence-corrected chi connectivity index (χ3v) is 10.3. The van der Waals surface area contributed by atoms with Gasteiger partial charge in [0, 0.05) is 37.1 Å². The lowest BCUT2D eigenvalue weighted by Crippen LogP contribution is -2.48. The van der Waals surface area contributed by atoms with Crippen LogP contribution in [0.5, 0.6) is 5.75 Å². The zero-order valence-corrected chi connectivity index (χ0v) is 28.4. The molecule has 2 aliphatic carbocycles. The van der Waals surface area contributed by atoms with Crippen LogP contribution in [0.1, 0.15) is 62.1 Å². The van der Waals surface area contributed by atoms with E-state index in [0.717, 1.165) is 37.1 Å². The molecule has 2 aliphatic rings. The van der Waals surface area contributed by atoms with Crippen LogP contribution in [0.4, 0.5) is 5.69 Å². The quantitative estimate of drug-likeness (QED) is 0.185. The monoisotopic (exact) mass is 652 g/mol. The minimum atomic E-state index is -2.23. The van der Waals surface area contributed by atoms with Crippen LogP contribution in [0.15, 0.2) is 61.7 Å². The molecule has 2 aromatic rings. The molecule has 1 saturated carbocycles. The number of benzene rings is 2. The molecule has 250 valence electrons. The average Bonchev–Trinajstić information content (AvgIpc) is 3.03. The van der Waals surface area contributed by atoms with Crippen molar-refractivity contribution in [1.29, 1.82) is 0 Å². The van der Waals surface area contributed by atoms with Crippen molar-refractivity contribution in [3.63, 3.8) is 0 Å². The summed E-state index contributed by atoms with van der Waals surface area (Å²) < 4.78 is 10.9. The summed E-state index contributed by atoms with van der Waals surface area (Å²) in [6.45, 7) is 11.4. The Kier molecular flexibility index (Phi) is 11.6. The fourth-order valence-corrected chi connectivity index (χ4v) is 7.34. The van der Waals surface area contributed by atoms with E-state index in [0.29, 0.717) is 37.5 Å². The van der Waals surface area contributed by atoms with E-state index in [1.165, 1.54) is 23.1 Å². The highest BCUT2D eigenvalue weighted by Gasteiger charge is 2.44. The van der Waals surface area contributed by atoms with Crippen LogP contribution in [0, 0.1) is 11.8 Å². The molecule has 0 radical (unpaired) electrons. The smallest absolute Gasteiger partial charge is 0.343 e. The van der Waals surface area contributed by atoms with E-state index in [4.69, 9.17) is 21.1 Å². The summed E-state index contributed by atoms with van der Waals surface area (Å²) >= 11 is 6.39. The summed E-state index contributed by atoms with van der Waals surface area (Å²) in [6.07, 6.45) is 7.60. The maximum absolute atomic E-state index is 13.2. The minimum absolute atomic E-state index is 0.0789. The van der Waals surface area contributed by atoms with Gasteiger partial charge in [-0.1, -0.05) is 42.8 Å². The van der Waals surface area contributed by atoms with Gasteiger partial charge in [0.05, 0.1) is 32.4 Å². The molecule has 0 bridgehead atoms. The number of aryl methyl sites for hydroxylation is 1. The Balaban J connectivity index is 1.79. The molecular weight excluding hydrogens is 604 g/mol. The predicted molar refractivity (Wildman–Crippen MR) is 182 cm³/mol. The number of amides is 1. The van der Waals surface area contributed by atoms with Crippen LogP contribution in [0.2, 0.25) is 5.02 Å². The Morgan fingerprint density at radius 2 is 1.96 bits per heavy atom. The second kappa shape index (κ2) is 15.1. The molecule has 0 aliphatic heterocycles. The number of rotatable bonds is 15. The van der Waals surface area contributed by atoms with Crippen LogP contribution in [-0.2, 0) is 31.8 Å². The molecule has 0 saturated heterocycles. The third-order valence-electron chi connectivity index (χ3n) is 10.1. The largest absolute Gasteiger partial charge is 0.495 e. The summed E-state index contributed by atoms with van der Waals surface area (Å²) in [6, 6.07) is 11.2. The molecule has 1 unspecified atom stereocenters. The molecule has 8 nitrogen and oxygen atoms in total. The summed E-state index contributed by atoms with van der Waals surface area (Å²) in [5, 5.41) is 23.3.